The molecule has 0 amide bonds. The number of aromatic nitrogens is 3. The highest BCUT2D eigenvalue weighted by molar-refractivity contribution is 7.16. The van der Waals surface area contributed by atoms with Gasteiger partial charge in [-0.15, -0.1) is 11.3 Å². The maximum absolute atomic E-state index is 4.20. The van der Waals surface area contributed by atoms with Gasteiger partial charge in [-0.3, -0.25) is 0 Å². The van der Waals surface area contributed by atoms with E-state index < -0.39 is 0 Å². The van der Waals surface area contributed by atoms with E-state index in [1.807, 2.05) is 6.92 Å². The lowest BCUT2D eigenvalue weighted by Gasteiger charge is -2.17. The SMILES string of the molecule is Cc1n[nH]nc1-c1ccc(/C=C/C2CCCCC2)s1. The molecule has 2 aromatic rings. The van der Waals surface area contributed by atoms with Gasteiger partial charge >= 0.3 is 0 Å². The summed E-state index contributed by atoms with van der Waals surface area (Å²) in [5, 5.41) is 11.0. The van der Waals surface area contributed by atoms with Gasteiger partial charge in [0, 0.05) is 4.88 Å². The molecule has 1 aliphatic rings. The second-order valence-electron chi connectivity index (χ2n) is 5.22. The normalized spacial score (nSPS) is 17.3. The zero-order valence-corrected chi connectivity index (χ0v) is 12.0. The molecule has 4 heteroatoms. The van der Waals surface area contributed by atoms with E-state index in [4.69, 9.17) is 0 Å². The quantitative estimate of drug-likeness (QED) is 0.898. The molecule has 0 unspecified atom stereocenters. The molecule has 0 aliphatic heterocycles. The largest absolute Gasteiger partial charge is 0.197 e. The van der Waals surface area contributed by atoms with Crippen LogP contribution in [0.5, 0.6) is 0 Å². The Morgan fingerprint density at radius 1 is 1.21 bits per heavy atom. The number of hydrogen-bond donors (Lipinski definition) is 1. The van der Waals surface area contributed by atoms with Crippen LogP contribution in [-0.4, -0.2) is 15.4 Å². The smallest absolute Gasteiger partial charge is 0.125 e. The average molecular weight is 273 g/mol. The predicted octanol–water partition coefficient (Wildman–Crippen LogP) is 4.44. The molecule has 1 fully saturated rings. The Morgan fingerprint density at radius 2 is 2.05 bits per heavy atom. The minimum atomic E-state index is 0.785. The van der Waals surface area contributed by atoms with Crippen molar-refractivity contribution < 1.29 is 0 Å². The van der Waals surface area contributed by atoms with Crippen LogP contribution in [0, 0.1) is 12.8 Å². The molecule has 3 rings (SSSR count). The van der Waals surface area contributed by atoms with Crippen molar-refractivity contribution in [3.05, 3.63) is 28.8 Å². The third-order valence-electron chi connectivity index (χ3n) is 3.76. The highest BCUT2D eigenvalue weighted by atomic mass is 32.1. The fourth-order valence-corrected chi connectivity index (χ4v) is 3.61. The first-order chi connectivity index (χ1) is 9.33. The van der Waals surface area contributed by atoms with Crippen molar-refractivity contribution in [1.29, 1.82) is 0 Å². The summed E-state index contributed by atoms with van der Waals surface area (Å²) in [5.41, 5.74) is 1.94. The Morgan fingerprint density at radius 3 is 2.79 bits per heavy atom. The summed E-state index contributed by atoms with van der Waals surface area (Å²) in [6.45, 7) is 1.98. The van der Waals surface area contributed by atoms with Gasteiger partial charge < -0.3 is 0 Å². The van der Waals surface area contributed by atoms with E-state index >= 15 is 0 Å². The number of aryl methyl sites for hydroxylation is 1. The summed E-state index contributed by atoms with van der Waals surface area (Å²) in [5.74, 6) is 0.785. The number of nitrogens with one attached hydrogen (secondary N) is 1. The molecule has 0 aromatic carbocycles. The van der Waals surface area contributed by atoms with E-state index in [0.717, 1.165) is 17.3 Å². The van der Waals surface area contributed by atoms with Gasteiger partial charge in [-0.05, 0) is 43.9 Å². The lowest BCUT2D eigenvalue weighted by Crippen LogP contribution is -2.02. The monoisotopic (exact) mass is 273 g/mol. The van der Waals surface area contributed by atoms with Crippen LogP contribution in [0.1, 0.15) is 42.7 Å². The van der Waals surface area contributed by atoms with Crippen molar-refractivity contribution in [2.75, 3.05) is 0 Å². The highest BCUT2D eigenvalue weighted by Gasteiger charge is 2.11. The summed E-state index contributed by atoms with van der Waals surface area (Å²) in [6.07, 6.45) is 11.6. The lowest BCUT2D eigenvalue weighted by atomic mass is 9.89. The van der Waals surface area contributed by atoms with Crippen molar-refractivity contribution >= 4 is 17.4 Å². The third-order valence-corrected chi connectivity index (χ3v) is 4.82. The molecule has 100 valence electrons. The topological polar surface area (TPSA) is 41.6 Å². The Bertz CT molecular complexity index is 561. The van der Waals surface area contributed by atoms with Crippen molar-refractivity contribution in [2.45, 2.75) is 39.0 Å². The second kappa shape index (κ2) is 5.70. The Kier molecular flexibility index (Phi) is 3.78. The van der Waals surface area contributed by atoms with Gasteiger partial charge in [0.2, 0.25) is 0 Å². The second-order valence-corrected chi connectivity index (χ2v) is 6.33. The maximum atomic E-state index is 4.20. The predicted molar refractivity (Wildman–Crippen MR) is 80.0 cm³/mol. The summed E-state index contributed by atoms with van der Waals surface area (Å²) in [7, 11) is 0. The van der Waals surface area contributed by atoms with Gasteiger partial charge in [-0.25, -0.2) is 0 Å². The van der Waals surface area contributed by atoms with Gasteiger partial charge in [0.05, 0.1) is 10.6 Å². The first-order valence-corrected chi connectivity index (χ1v) is 7.80. The number of thiophene rings is 1. The van der Waals surface area contributed by atoms with Gasteiger partial charge in [0.15, 0.2) is 0 Å². The summed E-state index contributed by atoms with van der Waals surface area (Å²) >= 11 is 1.78. The standard InChI is InChI=1S/C15H19N3S/c1-11-15(17-18-16-11)14-10-9-13(19-14)8-7-12-5-3-2-4-6-12/h7-10,12H,2-6H2,1H3,(H,16,17,18)/b8-7+. The van der Waals surface area contributed by atoms with Gasteiger partial charge in [-0.2, -0.15) is 15.4 Å². The molecule has 0 atom stereocenters. The zero-order chi connectivity index (χ0) is 13.1. The molecule has 1 saturated carbocycles. The minimum Gasteiger partial charge on any atom is -0.197 e. The average Bonchev–Trinajstić information content (AvgIpc) is 3.06. The molecule has 0 spiro atoms. The fourth-order valence-electron chi connectivity index (χ4n) is 2.64. The molecule has 0 radical (unpaired) electrons. The van der Waals surface area contributed by atoms with Crippen molar-refractivity contribution in [2.24, 2.45) is 5.92 Å². The molecule has 0 bridgehead atoms. The molecular formula is C15H19N3S. The van der Waals surface area contributed by atoms with Crippen molar-refractivity contribution in [1.82, 2.24) is 15.4 Å². The molecule has 1 aliphatic carbocycles. The first kappa shape index (κ1) is 12.6. The summed E-state index contributed by atoms with van der Waals surface area (Å²) < 4.78 is 0. The highest BCUT2D eigenvalue weighted by Crippen LogP contribution is 2.30. The summed E-state index contributed by atoms with van der Waals surface area (Å²) in [4.78, 5) is 2.50. The number of aromatic amines is 1. The molecule has 19 heavy (non-hydrogen) atoms. The number of nitrogens with zero attached hydrogens (tertiary/aromatic N) is 2. The van der Waals surface area contributed by atoms with Gasteiger partial charge in [0.25, 0.3) is 0 Å². The van der Waals surface area contributed by atoms with E-state index in [9.17, 15) is 0 Å². The van der Waals surface area contributed by atoms with E-state index in [-0.39, 0.29) is 0 Å². The van der Waals surface area contributed by atoms with Crippen LogP contribution in [0.15, 0.2) is 18.2 Å². The number of hydrogen-bond acceptors (Lipinski definition) is 3. The van der Waals surface area contributed by atoms with Crippen LogP contribution in [0.2, 0.25) is 0 Å². The van der Waals surface area contributed by atoms with Gasteiger partial charge in [-0.1, -0.05) is 25.3 Å². The van der Waals surface area contributed by atoms with E-state index in [1.165, 1.54) is 41.9 Å². The third kappa shape index (κ3) is 2.95. The van der Waals surface area contributed by atoms with E-state index in [0.29, 0.717) is 0 Å². The summed E-state index contributed by atoms with van der Waals surface area (Å²) in [6, 6.07) is 4.31. The Balaban J connectivity index is 1.71. The number of rotatable bonds is 3. The molecular weight excluding hydrogens is 254 g/mol. The Hall–Kier alpha value is -1.42. The molecule has 1 N–H and O–H groups in total. The Labute approximate surface area is 117 Å². The van der Waals surface area contributed by atoms with Crippen LogP contribution < -0.4 is 0 Å². The molecule has 2 aromatic heterocycles. The van der Waals surface area contributed by atoms with Crippen LogP contribution in [0.4, 0.5) is 0 Å². The van der Waals surface area contributed by atoms with E-state index in [1.54, 1.807) is 11.3 Å². The number of allylic oxidation sites excluding steroid dienone is 1. The van der Waals surface area contributed by atoms with Crippen LogP contribution >= 0.6 is 11.3 Å². The lowest BCUT2D eigenvalue weighted by molar-refractivity contribution is 0.420. The fraction of sp³-hybridized carbons (Fsp3) is 0.467. The number of H-pyrrole nitrogens is 1. The molecule has 0 saturated heterocycles. The maximum Gasteiger partial charge on any atom is 0.125 e. The zero-order valence-electron chi connectivity index (χ0n) is 11.2. The molecule has 3 nitrogen and oxygen atoms in total. The van der Waals surface area contributed by atoms with Crippen LogP contribution in [-0.2, 0) is 0 Å². The van der Waals surface area contributed by atoms with Crippen molar-refractivity contribution in [3.63, 3.8) is 0 Å². The van der Waals surface area contributed by atoms with Crippen LogP contribution in [0.25, 0.3) is 16.6 Å². The van der Waals surface area contributed by atoms with Crippen LogP contribution in [0.3, 0.4) is 0 Å². The van der Waals surface area contributed by atoms with Gasteiger partial charge in [0.1, 0.15) is 5.69 Å². The first-order valence-electron chi connectivity index (χ1n) is 6.99. The van der Waals surface area contributed by atoms with Crippen molar-refractivity contribution in [3.8, 4) is 10.6 Å². The molecule has 2 heterocycles. The minimum absolute atomic E-state index is 0.785. The van der Waals surface area contributed by atoms with E-state index in [2.05, 4.69) is 39.7 Å².